The molecule has 108 valence electrons. The molecule has 1 amide bonds. The zero-order valence-electron chi connectivity index (χ0n) is 11.8. The molecule has 2 aromatic carbocycles. The largest absolute Gasteiger partial charge is 0.373 e. The van der Waals surface area contributed by atoms with E-state index in [-0.39, 0.29) is 18.0 Å². The number of halogens is 1. The van der Waals surface area contributed by atoms with Crippen LogP contribution in [0.3, 0.4) is 0 Å². The molecule has 1 unspecified atom stereocenters. The fourth-order valence-corrected chi connectivity index (χ4v) is 2.83. The highest BCUT2D eigenvalue weighted by atomic mass is 35.5. The van der Waals surface area contributed by atoms with Gasteiger partial charge in [0.25, 0.3) is 0 Å². The smallest absolute Gasteiger partial charge is 0.243 e. The molecule has 0 spiro atoms. The highest BCUT2D eigenvalue weighted by Gasteiger charge is 2.27. The van der Waals surface area contributed by atoms with Crippen molar-refractivity contribution in [2.24, 2.45) is 0 Å². The van der Waals surface area contributed by atoms with Crippen LogP contribution in [0.4, 0.5) is 5.69 Å². The number of nitrogens with one attached hydrogen (secondary N) is 2. The van der Waals surface area contributed by atoms with Crippen LogP contribution in [0.15, 0.2) is 48.5 Å². The van der Waals surface area contributed by atoms with Crippen molar-refractivity contribution in [2.75, 3.05) is 5.32 Å². The van der Waals surface area contributed by atoms with Crippen LogP contribution in [-0.2, 0) is 11.2 Å². The van der Waals surface area contributed by atoms with Crippen LogP contribution in [0, 0.1) is 0 Å². The van der Waals surface area contributed by atoms with Crippen LogP contribution in [0.25, 0.3) is 0 Å². The van der Waals surface area contributed by atoms with Gasteiger partial charge < -0.3 is 10.6 Å². The molecular weight excluding hydrogens is 284 g/mol. The molecule has 1 aliphatic rings. The highest BCUT2D eigenvalue weighted by molar-refractivity contribution is 6.30. The summed E-state index contributed by atoms with van der Waals surface area (Å²) >= 11 is 5.99. The molecule has 1 heterocycles. The lowest BCUT2D eigenvalue weighted by Gasteiger charge is -2.18. The lowest BCUT2D eigenvalue weighted by atomic mass is 10.1. The number of rotatable bonds is 3. The number of carbonyl (C=O) groups is 1. The van der Waals surface area contributed by atoms with Gasteiger partial charge in [0.2, 0.25) is 5.91 Å². The summed E-state index contributed by atoms with van der Waals surface area (Å²) in [6, 6.07) is 15.3. The van der Waals surface area contributed by atoms with Crippen LogP contribution < -0.4 is 10.6 Å². The Hall–Kier alpha value is -2.00. The van der Waals surface area contributed by atoms with Crippen molar-refractivity contribution in [3.05, 3.63) is 64.7 Å². The van der Waals surface area contributed by atoms with Crippen LogP contribution in [0.2, 0.25) is 5.02 Å². The number of benzene rings is 2. The van der Waals surface area contributed by atoms with Crippen molar-refractivity contribution in [3.63, 3.8) is 0 Å². The van der Waals surface area contributed by atoms with E-state index in [0.717, 1.165) is 17.7 Å². The Labute approximate surface area is 129 Å². The van der Waals surface area contributed by atoms with Gasteiger partial charge in [0.05, 0.1) is 6.04 Å². The van der Waals surface area contributed by atoms with E-state index in [4.69, 9.17) is 11.6 Å². The fraction of sp³-hybridized carbons (Fsp3) is 0.235. The number of anilines is 1. The normalized spacial score (nSPS) is 17.7. The molecule has 21 heavy (non-hydrogen) atoms. The zero-order valence-corrected chi connectivity index (χ0v) is 12.5. The van der Waals surface area contributed by atoms with Gasteiger partial charge in [-0.1, -0.05) is 41.9 Å². The molecule has 3 nitrogen and oxygen atoms in total. The van der Waals surface area contributed by atoms with Crippen molar-refractivity contribution in [2.45, 2.75) is 25.4 Å². The fourth-order valence-electron chi connectivity index (χ4n) is 2.63. The predicted molar refractivity (Wildman–Crippen MR) is 85.6 cm³/mol. The number of carbonyl (C=O) groups excluding carboxylic acids is 1. The van der Waals surface area contributed by atoms with Crippen LogP contribution in [0.1, 0.15) is 24.1 Å². The van der Waals surface area contributed by atoms with Gasteiger partial charge in [-0.2, -0.15) is 0 Å². The quantitative estimate of drug-likeness (QED) is 0.910. The summed E-state index contributed by atoms with van der Waals surface area (Å²) in [4.78, 5) is 12.4. The monoisotopic (exact) mass is 300 g/mol. The second-order valence-electron chi connectivity index (χ2n) is 5.34. The maximum absolute atomic E-state index is 12.4. The van der Waals surface area contributed by atoms with Crippen molar-refractivity contribution in [1.82, 2.24) is 5.32 Å². The van der Waals surface area contributed by atoms with Gasteiger partial charge >= 0.3 is 0 Å². The van der Waals surface area contributed by atoms with Crippen LogP contribution in [-0.4, -0.2) is 11.9 Å². The first kappa shape index (κ1) is 14.0. The molecule has 3 rings (SSSR count). The Bertz CT molecular complexity index is 646. The third-order valence-corrected chi connectivity index (χ3v) is 4.03. The third kappa shape index (κ3) is 3.03. The molecule has 0 fully saturated rings. The average Bonchev–Trinajstić information content (AvgIpc) is 2.91. The predicted octanol–water partition coefficient (Wildman–Crippen LogP) is 3.55. The third-order valence-electron chi connectivity index (χ3n) is 3.80. The summed E-state index contributed by atoms with van der Waals surface area (Å²) in [5, 5.41) is 6.98. The first-order valence-corrected chi connectivity index (χ1v) is 7.41. The lowest BCUT2D eigenvalue weighted by molar-refractivity contribution is -0.122. The second-order valence-corrected chi connectivity index (χ2v) is 5.78. The first-order valence-electron chi connectivity index (χ1n) is 7.04. The van der Waals surface area contributed by atoms with E-state index in [0.29, 0.717) is 5.02 Å². The lowest BCUT2D eigenvalue weighted by Crippen LogP contribution is -2.39. The van der Waals surface area contributed by atoms with Gasteiger partial charge in [-0.3, -0.25) is 4.79 Å². The molecular formula is C17H17ClN2O. The number of fused-ring (bicyclic) bond motifs is 1. The van der Waals surface area contributed by atoms with E-state index < -0.39 is 0 Å². The van der Waals surface area contributed by atoms with Crippen molar-refractivity contribution in [1.29, 1.82) is 0 Å². The second kappa shape index (κ2) is 5.78. The summed E-state index contributed by atoms with van der Waals surface area (Å²) in [6.07, 6.45) is 0.726. The number of hydrogen-bond donors (Lipinski definition) is 2. The Kier molecular flexibility index (Phi) is 3.84. The standard InChI is InChI=1S/C17H17ClN2O/c1-11(12-6-4-7-14(18)9-12)19-17(21)16-10-13-5-2-3-8-15(13)20-16/h2-9,11,16,20H,10H2,1H3,(H,19,21)/t11?,16-/m0/s1. The minimum atomic E-state index is -0.205. The van der Waals surface area contributed by atoms with E-state index in [1.165, 1.54) is 5.56 Å². The number of amides is 1. The summed E-state index contributed by atoms with van der Waals surface area (Å²) < 4.78 is 0. The summed E-state index contributed by atoms with van der Waals surface area (Å²) in [5.74, 6) is 0.0127. The van der Waals surface area contributed by atoms with E-state index >= 15 is 0 Å². The van der Waals surface area contributed by atoms with Gasteiger partial charge in [-0.05, 0) is 36.2 Å². The van der Waals surface area contributed by atoms with Crippen molar-refractivity contribution >= 4 is 23.2 Å². The first-order chi connectivity index (χ1) is 10.1. The molecule has 2 N–H and O–H groups in total. The maximum atomic E-state index is 12.4. The Balaban J connectivity index is 1.65. The number of para-hydroxylation sites is 1. The molecule has 0 aliphatic carbocycles. The topological polar surface area (TPSA) is 41.1 Å². The van der Waals surface area contributed by atoms with Gasteiger partial charge in [-0.15, -0.1) is 0 Å². The Morgan fingerprint density at radius 2 is 2.10 bits per heavy atom. The SMILES string of the molecule is CC(NC(=O)[C@@H]1Cc2ccccc2N1)c1cccc(Cl)c1. The molecule has 0 saturated heterocycles. The van der Waals surface area contributed by atoms with E-state index in [1.54, 1.807) is 0 Å². The van der Waals surface area contributed by atoms with Gasteiger partial charge in [0.1, 0.15) is 6.04 Å². The summed E-state index contributed by atoms with van der Waals surface area (Å²) in [5.41, 5.74) is 3.24. The van der Waals surface area contributed by atoms with E-state index in [2.05, 4.69) is 16.7 Å². The van der Waals surface area contributed by atoms with E-state index in [1.807, 2.05) is 49.4 Å². The molecule has 2 atom stereocenters. The van der Waals surface area contributed by atoms with Crippen LogP contribution >= 0.6 is 11.6 Å². The highest BCUT2D eigenvalue weighted by Crippen LogP contribution is 2.25. The Morgan fingerprint density at radius 3 is 2.86 bits per heavy atom. The molecule has 0 saturated carbocycles. The summed E-state index contributed by atoms with van der Waals surface area (Å²) in [6.45, 7) is 1.96. The van der Waals surface area contributed by atoms with Gasteiger partial charge in [-0.25, -0.2) is 0 Å². The molecule has 2 aromatic rings. The Morgan fingerprint density at radius 1 is 1.29 bits per heavy atom. The average molecular weight is 301 g/mol. The summed E-state index contributed by atoms with van der Waals surface area (Å²) in [7, 11) is 0. The van der Waals surface area contributed by atoms with Gasteiger partial charge in [0.15, 0.2) is 0 Å². The molecule has 1 aliphatic heterocycles. The molecule has 4 heteroatoms. The van der Waals surface area contributed by atoms with Crippen LogP contribution in [0.5, 0.6) is 0 Å². The minimum absolute atomic E-state index is 0.0127. The molecule has 0 bridgehead atoms. The number of hydrogen-bond acceptors (Lipinski definition) is 2. The maximum Gasteiger partial charge on any atom is 0.243 e. The van der Waals surface area contributed by atoms with E-state index in [9.17, 15) is 4.79 Å². The van der Waals surface area contributed by atoms with Gasteiger partial charge in [0, 0.05) is 17.1 Å². The molecule has 0 radical (unpaired) electrons. The minimum Gasteiger partial charge on any atom is -0.373 e. The molecule has 0 aromatic heterocycles. The van der Waals surface area contributed by atoms with Crippen molar-refractivity contribution < 1.29 is 4.79 Å². The van der Waals surface area contributed by atoms with Crippen molar-refractivity contribution in [3.8, 4) is 0 Å². The zero-order chi connectivity index (χ0) is 14.8.